The van der Waals surface area contributed by atoms with Crippen molar-refractivity contribution in [2.45, 2.75) is 6.61 Å². The van der Waals surface area contributed by atoms with E-state index in [-0.39, 0.29) is 12.6 Å². The molecule has 0 N–H and O–H groups in total. The van der Waals surface area contributed by atoms with Crippen LogP contribution in [-0.4, -0.2) is 13.1 Å². The first-order valence-corrected chi connectivity index (χ1v) is 9.80. The van der Waals surface area contributed by atoms with Gasteiger partial charge in [0.05, 0.1) is 12.7 Å². The number of ether oxygens (including phenoxy) is 2. The molecule has 0 radical (unpaired) electrons. The summed E-state index contributed by atoms with van der Waals surface area (Å²) >= 11 is 0. The van der Waals surface area contributed by atoms with Gasteiger partial charge in [0.1, 0.15) is 12.4 Å². The van der Waals surface area contributed by atoms with Gasteiger partial charge in [0.2, 0.25) is 0 Å². The first kappa shape index (κ1) is 19.5. The lowest BCUT2D eigenvalue weighted by Crippen LogP contribution is -2.08. The van der Waals surface area contributed by atoms with E-state index in [1.54, 1.807) is 7.11 Å². The highest BCUT2D eigenvalue weighted by Crippen LogP contribution is 2.26. The molecule has 4 rings (SSSR count). The third-order valence-electron chi connectivity index (χ3n) is 4.98. The summed E-state index contributed by atoms with van der Waals surface area (Å²) in [6.45, 7) is 0.205. The lowest BCUT2D eigenvalue weighted by atomic mass is 10.0. The molecule has 0 spiro atoms. The van der Waals surface area contributed by atoms with Gasteiger partial charge in [-0.3, -0.25) is 0 Å². The van der Waals surface area contributed by atoms with Gasteiger partial charge in [0, 0.05) is 5.56 Å². The van der Waals surface area contributed by atoms with Crippen LogP contribution in [0.15, 0.2) is 97.1 Å². The Hall–Kier alpha value is -3.85. The van der Waals surface area contributed by atoms with Gasteiger partial charge in [0.15, 0.2) is 0 Å². The summed E-state index contributed by atoms with van der Waals surface area (Å²) < 4.78 is 11.2. The molecule has 3 nitrogen and oxygen atoms in total. The van der Waals surface area contributed by atoms with Gasteiger partial charge in [-0.05, 0) is 34.0 Å². The number of carbonyl (C=O) groups excluding carboxylic acids is 1. The van der Waals surface area contributed by atoms with Crippen LogP contribution in [0.2, 0.25) is 0 Å². The number of methoxy groups -OCH3 is 1. The normalized spacial score (nSPS) is 11.3. The van der Waals surface area contributed by atoms with Crippen LogP contribution in [0.5, 0.6) is 5.75 Å². The lowest BCUT2D eigenvalue weighted by molar-refractivity contribution is -0.137. The molecule has 0 aliphatic heterocycles. The summed E-state index contributed by atoms with van der Waals surface area (Å²) in [5.74, 6) is 0.327. The van der Waals surface area contributed by atoms with E-state index in [1.807, 2.05) is 91.0 Å². The summed E-state index contributed by atoms with van der Waals surface area (Å²) in [5, 5.41) is 2.21. The van der Waals surface area contributed by atoms with Crippen molar-refractivity contribution in [2.24, 2.45) is 0 Å². The maximum absolute atomic E-state index is 13.1. The molecule has 148 valence electrons. The number of carbonyl (C=O) groups is 1. The first-order chi connectivity index (χ1) is 14.8. The first-order valence-electron chi connectivity index (χ1n) is 9.80. The Morgan fingerprint density at radius 3 is 2.33 bits per heavy atom. The molecule has 4 aromatic rings. The SMILES string of the molecule is COc1ccccc1C=C(C(=O)OCc1cccc2ccccc12)c1ccccc1. The number of fused-ring (bicyclic) bond motifs is 1. The van der Waals surface area contributed by atoms with Crippen molar-refractivity contribution in [3.05, 3.63) is 114 Å². The standard InChI is InChI=1S/C27H22O3/c1-29-26-17-8-6-13-22(26)18-25(21-10-3-2-4-11-21)27(28)30-19-23-15-9-14-20-12-5-7-16-24(20)23/h2-18H,19H2,1H3. The van der Waals surface area contributed by atoms with E-state index in [0.29, 0.717) is 11.3 Å². The van der Waals surface area contributed by atoms with Crippen molar-refractivity contribution in [1.29, 1.82) is 0 Å². The fourth-order valence-electron chi connectivity index (χ4n) is 3.46. The van der Waals surface area contributed by atoms with E-state index in [9.17, 15) is 4.79 Å². The zero-order chi connectivity index (χ0) is 20.8. The topological polar surface area (TPSA) is 35.5 Å². The molecule has 0 saturated heterocycles. The zero-order valence-corrected chi connectivity index (χ0v) is 16.7. The van der Waals surface area contributed by atoms with E-state index in [4.69, 9.17) is 9.47 Å². The number of rotatable bonds is 6. The van der Waals surface area contributed by atoms with Crippen LogP contribution >= 0.6 is 0 Å². The van der Waals surface area contributed by atoms with Crippen LogP contribution in [-0.2, 0) is 16.1 Å². The van der Waals surface area contributed by atoms with Gasteiger partial charge in [0.25, 0.3) is 0 Å². The largest absolute Gasteiger partial charge is 0.496 e. The molecule has 0 amide bonds. The summed E-state index contributed by atoms with van der Waals surface area (Å²) in [4.78, 5) is 13.1. The van der Waals surface area contributed by atoms with Crippen LogP contribution in [0, 0.1) is 0 Å². The van der Waals surface area contributed by atoms with E-state index < -0.39 is 0 Å². The smallest absolute Gasteiger partial charge is 0.339 e. The lowest BCUT2D eigenvalue weighted by Gasteiger charge is -2.12. The summed E-state index contributed by atoms with van der Waals surface area (Å²) in [5.41, 5.74) is 3.08. The van der Waals surface area contributed by atoms with Gasteiger partial charge < -0.3 is 9.47 Å². The van der Waals surface area contributed by atoms with Crippen LogP contribution in [0.1, 0.15) is 16.7 Å². The fraction of sp³-hybridized carbons (Fsp3) is 0.0741. The minimum absolute atomic E-state index is 0.205. The molecule has 0 aromatic heterocycles. The molecule has 0 saturated carbocycles. The molecular formula is C27H22O3. The second kappa shape index (κ2) is 9.10. The summed E-state index contributed by atoms with van der Waals surface area (Å²) in [7, 11) is 1.62. The Morgan fingerprint density at radius 1 is 0.800 bits per heavy atom. The van der Waals surface area contributed by atoms with Gasteiger partial charge in [-0.2, -0.15) is 0 Å². The van der Waals surface area contributed by atoms with Crippen molar-refractivity contribution in [1.82, 2.24) is 0 Å². The zero-order valence-electron chi connectivity index (χ0n) is 16.7. The fourth-order valence-corrected chi connectivity index (χ4v) is 3.46. The van der Waals surface area contributed by atoms with Gasteiger partial charge in [-0.1, -0.05) is 91.0 Å². The maximum Gasteiger partial charge on any atom is 0.339 e. The average Bonchev–Trinajstić information content (AvgIpc) is 2.81. The van der Waals surface area contributed by atoms with Crippen LogP contribution < -0.4 is 4.74 Å². The van der Waals surface area contributed by atoms with Crippen molar-refractivity contribution >= 4 is 28.4 Å². The molecule has 0 aliphatic rings. The van der Waals surface area contributed by atoms with Crippen molar-refractivity contribution in [3.8, 4) is 5.75 Å². The van der Waals surface area contributed by atoms with Gasteiger partial charge in [-0.25, -0.2) is 4.79 Å². The molecule has 0 fully saturated rings. The monoisotopic (exact) mass is 394 g/mol. The predicted molar refractivity (Wildman–Crippen MR) is 121 cm³/mol. The minimum atomic E-state index is -0.375. The number of benzene rings is 4. The Kier molecular flexibility index (Phi) is 5.90. The molecule has 0 atom stereocenters. The third-order valence-corrected chi connectivity index (χ3v) is 4.98. The van der Waals surface area contributed by atoms with Crippen molar-refractivity contribution in [3.63, 3.8) is 0 Å². The average molecular weight is 394 g/mol. The number of hydrogen-bond donors (Lipinski definition) is 0. The number of hydrogen-bond acceptors (Lipinski definition) is 3. The van der Waals surface area contributed by atoms with E-state index in [2.05, 4.69) is 12.1 Å². The van der Waals surface area contributed by atoms with Crippen LogP contribution in [0.25, 0.3) is 22.4 Å². The second-order valence-electron chi connectivity index (χ2n) is 6.88. The highest BCUT2D eigenvalue weighted by molar-refractivity contribution is 6.21. The Morgan fingerprint density at radius 2 is 1.50 bits per heavy atom. The van der Waals surface area contributed by atoms with E-state index in [1.165, 1.54) is 0 Å². The minimum Gasteiger partial charge on any atom is -0.496 e. The Bertz CT molecular complexity index is 1190. The van der Waals surface area contributed by atoms with Crippen molar-refractivity contribution in [2.75, 3.05) is 7.11 Å². The van der Waals surface area contributed by atoms with Gasteiger partial charge in [-0.15, -0.1) is 0 Å². The third kappa shape index (κ3) is 4.26. The Labute approximate surface area is 176 Å². The highest BCUT2D eigenvalue weighted by Gasteiger charge is 2.15. The Balaban J connectivity index is 1.65. The van der Waals surface area contributed by atoms with Crippen LogP contribution in [0.3, 0.4) is 0 Å². The highest BCUT2D eigenvalue weighted by atomic mass is 16.5. The maximum atomic E-state index is 13.1. The molecule has 0 bridgehead atoms. The molecule has 4 aromatic carbocycles. The molecule has 3 heteroatoms. The number of para-hydroxylation sites is 1. The molecule has 0 aliphatic carbocycles. The molecule has 0 unspecified atom stereocenters. The second-order valence-corrected chi connectivity index (χ2v) is 6.88. The van der Waals surface area contributed by atoms with Gasteiger partial charge >= 0.3 is 5.97 Å². The number of esters is 1. The molecular weight excluding hydrogens is 372 g/mol. The summed E-state index contributed by atoms with van der Waals surface area (Å²) in [6, 6.07) is 31.3. The molecule has 0 heterocycles. The quantitative estimate of drug-likeness (QED) is 0.224. The molecule has 30 heavy (non-hydrogen) atoms. The van der Waals surface area contributed by atoms with E-state index >= 15 is 0 Å². The van der Waals surface area contributed by atoms with Crippen LogP contribution in [0.4, 0.5) is 0 Å². The predicted octanol–water partition coefficient (Wildman–Crippen LogP) is 6.13. The van der Waals surface area contributed by atoms with E-state index in [0.717, 1.165) is 27.5 Å². The summed E-state index contributed by atoms with van der Waals surface area (Å²) in [6.07, 6.45) is 1.82. The van der Waals surface area contributed by atoms with Crippen molar-refractivity contribution < 1.29 is 14.3 Å².